The highest BCUT2D eigenvalue weighted by Gasteiger charge is 2.53. The SMILES string of the molecule is C=C(C)C(=O)OC1CC2CC1CC2C(=O)ON(OC(=O)C1CC2CC1CC2OC(=O)C(=C)C)c1ccccc1. The number of ether oxygens (including phenoxy) is 2. The van der Waals surface area contributed by atoms with E-state index in [0.29, 0.717) is 42.5 Å². The Kier molecular flexibility index (Phi) is 7.51. The summed E-state index contributed by atoms with van der Waals surface area (Å²) in [6, 6.07) is 8.74. The van der Waals surface area contributed by atoms with Gasteiger partial charge >= 0.3 is 23.9 Å². The number of benzene rings is 1. The van der Waals surface area contributed by atoms with E-state index in [2.05, 4.69) is 13.2 Å². The van der Waals surface area contributed by atoms with E-state index in [0.717, 1.165) is 18.1 Å². The molecule has 9 nitrogen and oxygen atoms in total. The molecule has 4 saturated carbocycles. The third-order valence-corrected chi connectivity index (χ3v) is 8.72. The van der Waals surface area contributed by atoms with Crippen LogP contribution >= 0.6 is 0 Å². The maximum atomic E-state index is 13.3. The van der Waals surface area contributed by atoms with Gasteiger partial charge in [-0.15, -0.1) is 0 Å². The molecular weight excluding hydrogens is 502 g/mol. The van der Waals surface area contributed by atoms with Crippen molar-refractivity contribution in [3.05, 3.63) is 54.6 Å². The summed E-state index contributed by atoms with van der Waals surface area (Å²) < 4.78 is 11.1. The van der Waals surface area contributed by atoms with Crippen molar-refractivity contribution in [2.45, 2.75) is 64.6 Å². The van der Waals surface area contributed by atoms with Crippen molar-refractivity contribution >= 4 is 29.6 Å². The Labute approximate surface area is 228 Å². The first-order valence-electron chi connectivity index (χ1n) is 13.6. The monoisotopic (exact) mass is 537 g/mol. The van der Waals surface area contributed by atoms with Gasteiger partial charge in [-0.2, -0.15) is 0 Å². The molecule has 0 radical (unpaired) electrons. The molecule has 1 aromatic rings. The maximum Gasteiger partial charge on any atom is 0.339 e. The van der Waals surface area contributed by atoms with Crippen LogP contribution in [0.25, 0.3) is 0 Å². The number of esters is 2. The van der Waals surface area contributed by atoms with Crippen LogP contribution in [-0.4, -0.2) is 36.1 Å². The second-order valence-corrected chi connectivity index (χ2v) is 11.5. The van der Waals surface area contributed by atoms with Gasteiger partial charge in [-0.1, -0.05) is 31.4 Å². The molecule has 0 aliphatic heterocycles. The van der Waals surface area contributed by atoms with Gasteiger partial charge in [0.25, 0.3) is 0 Å². The fourth-order valence-corrected chi connectivity index (χ4v) is 6.76. The van der Waals surface area contributed by atoms with Crippen molar-refractivity contribution in [3.8, 4) is 0 Å². The molecule has 4 aliphatic rings. The van der Waals surface area contributed by atoms with Gasteiger partial charge < -0.3 is 19.1 Å². The summed E-state index contributed by atoms with van der Waals surface area (Å²) in [6.07, 6.45) is 3.40. The van der Waals surface area contributed by atoms with Crippen LogP contribution in [-0.2, 0) is 38.3 Å². The highest BCUT2D eigenvalue weighted by atomic mass is 17.0. The highest BCUT2D eigenvalue weighted by molar-refractivity contribution is 5.87. The largest absolute Gasteiger partial charge is 0.459 e. The molecule has 4 bridgehead atoms. The van der Waals surface area contributed by atoms with Crippen LogP contribution in [0.15, 0.2) is 54.6 Å². The molecule has 0 saturated heterocycles. The van der Waals surface area contributed by atoms with Crippen LogP contribution in [0.4, 0.5) is 5.69 Å². The first-order chi connectivity index (χ1) is 18.6. The van der Waals surface area contributed by atoms with Crippen LogP contribution in [0.3, 0.4) is 0 Å². The Morgan fingerprint density at radius 2 is 1.10 bits per heavy atom. The Morgan fingerprint density at radius 1 is 0.667 bits per heavy atom. The maximum absolute atomic E-state index is 13.3. The average Bonchev–Trinajstić information content (AvgIpc) is 3.69. The molecule has 9 heteroatoms. The number of carbonyl (C=O) groups is 4. The van der Waals surface area contributed by atoms with E-state index in [1.54, 1.807) is 38.1 Å². The smallest absolute Gasteiger partial charge is 0.339 e. The zero-order valence-corrected chi connectivity index (χ0v) is 22.4. The number of nitrogens with zero attached hydrogens (tertiary/aromatic N) is 1. The van der Waals surface area contributed by atoms with Crippen molar-refractivity contribution in [1.29, 1.82) is 0 Å². The van der Waals surface area contributed by atoms with Crippen LogP contribution in [0.2, 0.25) is 0 Å². The van der Waals surface area contributed by atoms with Crippen LogP contribution in [0.1, 0.15) is 52.4 Å². The summed E-state index contributed by atoms with van der Waals surface area (Å²) in [5, 5.41) is 0.930. The molecule has 39 heavy (non-hydrogen) atoms. The summed E-state index contributed by atoms with van der Waals surface area (Å²) in [7, 11) is 0. The van der Waals surface area contributed by atoms with Gasteiger partial charge in [0.05, 0.1) is 11.8 Å². The second-order valence-electron chi connectivity index (χ2n) is 11.5. The number of rotatable bonds is 9. The Morgan fingerprint density at radius 3 is 1.46 bits per heavy atom. The molecule has 0 N–H and O–H groups in total. The van der Waals surface area contributed by atoms with Gasteiger partial charge in [0.15, 0.2) is 0 Å². The average molecular weight is 538 g/mol. The number of para-hydroxylation sites is 1. The van der Waals surface area contributed by atoms with Gasteiger partial charge in [0.2, 0.25) is 0 Å². The Hall–Kier alpha value is -3.62. The minimum atomic E-state index is -0.469. The van der Waals surface area contributed by atoms with E-state index in [-0.39, 0.29) is 47.7 Å². The van der Waals surface area contributed by atoms with Gasteiger partial charge in [-0.05, 0) is 93.4 Å². The molecule has 8 atom stereocenters. The lowest BCUT2D eigenvalue weighted by atomic mass is 9.87. The quantitative estimate of drug-likeness (QED) is 0.256. The van der Waals surface area contributed by atoms with Crippen molar-refractivity contribution in [2.75, 3.05) is 5.23 Å². The van der Waals surface area contributed by atoms with E-state index in [1.807, 2.05) is 6.07 Å². The minimum Gasteiger partial charge on any atom is -0.459 e. The third kappa shape index (κ3) is 5.58. The van der Waals surface area contributed by atoms with Gasteiger partial charge in [-0.3, -0.25) is 0 Å². The van der Waals surface area contributed by atoms with E-state index in [4.69, 9.17) is 19.1 Å². The van der Waals surface area contributed by atoms with Crippen molar-refractivity contribution in [3.63, 3.8) is 0 Å². The summed E-state index contributed by atoms with van der Waals surface area (Å²) in [6.45, 7) is 10.5. The zero-order valence-electron chi connectivity index (χ0n) is 22.4. The predicted molar refractivity (Wildman–Crippen MR) is 139 cm³/mol. The number of carbonyl (C=O) groups excluding carboxylic acids is 4. The van der Waals surface area contributed by atoms with Crippen LogP contribution < -0.4 is 5.23 Å². The molecular formula is C30H35NO8. The normalized spacial score (nSPS) is 31.8. The molecule has 0 heterocycles. The zero-order chi connectivity index (χ0) is 27.8. The lowest BCUT2D eigenvalue weighted by molar-refractivity contribution is -0.182. The van der Waals surface area contributed by atoms with Gasteiger partial charge in [0.1, 0.15) is 17.9 Å². The van der Waals surface area contributed by atoms with Crippen LogP contribution in [0.5, 0.6) is 0 Å². The van der Waals surface area contributed by atoms with Crippen LogP contribution in [0, 0.1) is 35.5 Å². The van der Waals surface area contributed by atoms with Crippen molar-refractivity contribution in [1.82, 2.24) is 0 Å². The van der Waals surface area contributed by atoms with Crippen molar-refractivity contribution in [2.24, 2.45) is 35.5 Å². The van der Waals surface area contributed by atoms with E-state index in [1.165, 1.54) is 0 Å². The first kappa shape index (κ1) is 27.0. The number of hydrogen-bond donors (Lipinski definition) is 0. The fraction of sp³-hybridized carbons (Fsp3) is 0.533. The molecule has 1 aromatic carbocycles. The number of anilines is 1. The minimum absolute atomic E-state index is 0.0307. The molecule has 208 valence electrons. The number of fused-ring (bicyclic) bond motifs is 4. The van der Waals surface area contributed by atoms with E-state index < -0.39 is 23.9 Å². The molecule has 0 aromatic heterocycles. The van der Waals surface area contributed by atoms with E-state index >= 15 is 0 Å². The Balaban J connectivity index is 1.19. The van der Waals surface area contributed by atoms with Crippen molar-refractivity contribution < 1.29 is 38.3 Å². The molecule has 4 fully saturated rings. The third-order valence-electron chi connectivity index (χ3n) is 8.72. The van der Waals surface area contributed by atoms with E-state index in [9.17, 15) is 19.2 Å². The summed E-state index contributed by atoms with van der Waals surface area (Å²) in [4.78, 5) is 61.8. The highest BCUT2D eigenvalue weighted by Crippen LogP contribution is 2.51. The van der Waals surface area contributed by atoms with Gasteiger partial charge in [-0.25, -0.2) is 19.2 Å². The fourth-order valence-electron chi connectivity index (χ4n) is 6.76. The molecule has 8 unspecified atom stereocenters. The standard InChI is InChI=1S/C30H35NO8/c1-16(2)27(32)36-25-14-18-10-20(25)12-23(18)29(34)38-31(22-8-6-5-7-9-22)39-30(35)24-13-21-11-19(24)15-26(21)37-28(33)17(3)4/h5-9,18-21,23-26H,1,3,10-15H2,2,4H3. The van der Waals surface area contributed by atoms with Gasteiger partial charge in [0, 0.05) is 11.1 Å². The molecule has 4 aliphatic carbocycles. The first-order valence-corrected chi connectivity index (χ1v) is 13.6. The molecule has 0 spiro atoms. The lowest BCUT2D eigenvalue weighted by Gasteiger charge is -2.30. The second kappa shape index (κ2) is 10.9. The summed E-state index contributed by atoms with van der Waals surface area (Å²) >= 11 is 0. The number of hydrogen-bond acceptors (Lipinski definition) is 9. The molecule has 5 rings (SSSR count). The molecule has 0 amide bonds. The predicted octanol–water partition coefficient (Wildman–Crippen LogP) is 4.48. The summed E-state index contributed by atoms with van der Waals surface area (Å²) in [5.41, 5.74) is 1.13. The topological polar surface area (TPSA) is 108 Å². The summed E-state index contributed by atoms with van der Waals surface area (Å²) in [5.74, 6) is -2.26. The lowest BCUT2D eigenvalue weighted by Crippen LogP contribution is -2.39. The Bertz CT molecular complexity index is 1110.